The lowest BCUT2D eigenvalue weighted by molar-refractivity contribution is -0.136. The minimum Gasteiger partial charge on any atom is -0.481 e. The topological polar surface area (TPSA) is 66.6 Å². The molecule has 0 aromatic heterocycles. The average molecular weight is 461 g/mol. The first-order valence-corrected chi connectivity index (χ1v) is 12.0. The number of nitrogens with two attached hydrogens (primary N) is 1. The predicted octanol–water partition coefficient (Wildman–Crippen LogP) is 6.12. The molecular weight excluding hydrogens is 427 g/mol. The number of anilines is 1. The van der Waals surface area contributed by atoms with Gasteiger partial charge in [0.2, 0.25) is 0 Å². The van der Waals surface area contributed by atoms with Crippen LogP contribution in [0, 0.1) is 11.7 Å². The third kappa shape index (κ3) is 5.84. The molecule has 3 aromatic carbocycles. The van der Waals surface area contributed by atoms with Crippen LogP contribution in [0.1, 0.15) is 54.5 Å². The van der Waals surface area contributed by atoms with Gasteiger partial charge in [0.15, 0.2) is 0 Å². The Morgan fingerprint density at radius 2 is 1.85 bits per heavy atom. The molecule has 1 aliphatic carbocycles. The Bertz CT molecular complexity index is 1170. The monoisotopic (exact) mass is 460 g/mol. The van der Waals surface area contributed by atoms with Crippen molar-refractivity contribution in [3.63, 3.8) is 0 Å². The largest absolute Gasteiger partial charge is 0.481 e. The van der Waals surface area contributed by atoms with Gasteiger partial charge in [-0.05, 0) is 60.1 Å². The van der Waals surface area contributed by atoms with Crippen LogP contribution in [-0.2, 0) is 24.2 Å². The van der Waals surface area contributed by atoms with Crippen molar-refractivity contribution in [1.29, 1.82) is 0 Å². The molecule has 4 nitrogen and oxygen atoms in total. The third-order valence-electron chi connectivity index (χ3n) is 6.65. The van der Waals surface area contributed by atoms with E-state index in [-0.39, 0.29) is 18.3 Å². The van der Waals surface area contributed by atoms with Crippen LogP contribution in [0.4, 0.5) is 10.1 Å². The summed E-state index contributed by atoms with van der Waals surface area (Å²) in [5.74, 6) is -0.299. The molecule has 1 saturated carbocycles. The van der Waals surface area contributed by atoms with Gasteiger partial charge in [-0.2, -0.15) is 0 Å². The van der Waals surface area contributed by atoms with Gasteiger partial charge in [0.25, 0.3) is 0 Å². The number of nitrogens with zero attached hydrogens (tertiary/aromatic N) is 1. The number of rotatable bonds is 10. The van der Waals surface area contributed by atoms with Crippen LogP contribution >= 0.6 is 0 Å². The minimum atomic E-state index is -0.844. The second kappa shape index (κ2) is 10.4. The second-order valence-electron chi connectivity index (χ2n) is 9.56. The van der Waals surface area contributed by atoms with Crippen LogP contribution in [0.5, 0.6) is 0 Å². The maximum atomic E-state index is 15.4. The number of aryl methyl sites for hydroxylation is 1. The van der Waals surface area contributed by atoms with Crippen molar-refractivity contribution < 1.29 is 14.3 Å². The van der Waals surface area contributed by atoms with E-state index in [0.717, 1.165) is 41.1 Å². The summed E-state index contributed by atoms with van der Waals surface area (Å²) >= 11 is 0. The summed E-state index contributed by atoms with van der Waals surface area (Å²) < 4.78 is 15.4. The molecule has 1 aliphatic rings. The number of aliphatic carboxylic acids is 1. The number of halogens is 1. The highest BCUT2D eigenvalue weighted by Crippen LogP contribution is 2.36. The fraction of sp³-hybridized carbons (Fsp3) is 0.345. The van der Waals surface area contributed by atoms with E-state index in [1.165, 1.54) is 18.4 Å². The minimum absolute atomic E-state index is 0.00797. The average Bonchev–Trinajstić information content (AvgIpc) is 3.63. The summed E-state index contributed by atoms with van der Waals surface area (Å²) in [5.41, 5.74) is 11.9. The summed E-state index contributed by atoms with van der Waals surface area (Å²) in [4.78, 5) is 13.4. The lowest BCUT2D eigenvalue weighted by Crippen LogP contribution is -2.18. The molecule has 0 radical (unpaired) electrons. The highest BCUT2D eigenvalue weighted by atomic mass is 19.1. The van der Waals surface area contributed by atoms with Crippen molar-refractivity contribution >= 4 is 11.7 Å². The number of hydrogen-bond acceptors (Lipinski definition) is 3. The van der Waals surface area contributed by atoms with Crippen LogP contribution in [0.25, 0.3) is 11.1 Å². The summed E-state index contributed by atoms with van der Waals surface area (Å²) in [5, 5.41) is 9.28. The lowest BCUT2D eigenvalue weighted by atomic mass is 9.95. The quantitative estimate of drug-likeness (QED) is 0.383. The normalized spacial score (nSPS) is 14.1. The molecule has 1 atom stereocenters. The van der Waals surface area contributed by atoms with Crippen LogP contribution in [-0.4, -0.2) is 18.1 Å². The van der Waals surface area contributed by atoms with Gasteiger partial charge in [0.05, 0.1) is 6.42 Å². The zero-order valence-corrected chi connectivity index (χ0v) is 19.9. The van der Waals surface area contributed by atoms with Crippen molar-refractivity contribution in [2.45, 2.75) is 51.6 Å². The van der Waals surface area contributed by atoms with Gasteiger partial charge in [-0.25, -0.2) is 4.39 Å². The maximum absolute atomic E-state index is 15.4. The lowest BCUT2D eigenvalue weighted by Gasteiger charge is -2.23. The summed E-state index contributed by atoms with van der Waals surface area (Å²) in [6.07, 6.45) is 4.71. The molecular formula is C29H33FN2O2. The summed E-state index contributed by atoms with van der Waals surface area (Å²) in [6.45, 7) is 2.36. The molecule has 0 amide bonds. The molecule has 0 bridgehead atoms. The second-order valence-corrected chi connectivity index (χ2v) is 9.56. The number of benzene rings is 3. The molecule has 4 rings (SSSR count). The van der Waals surface area contributed by atoms with Crippen molar-refractivity contribution in [2.75, 3.05) is 11.9 Å². The molecule has 178 valence electrons. The van der Waals surface area contributed by atoms with E-state index in [4.69, 9.17) is 5.73 Å². The molecule has 0 aliphatic heterocycles. The molecule has 0 unspecified atom stereocenters. The Balaban J connectivity index is 1.69. The van der Waals surface area contributed by atoms with E-state index < -0.39 is 5.97 Å². The molecule has 0 heterocycles. The SMILES string of the molecule is C[C@@H](N)c1cccc(-c2cc(CCC3CC3)cc(N(C)Cc3ccccc3CC(=O)O)c2)c1F. The highest BCUT2D eigenvalue weighted by molar-refractivity contribution is 5.72. The molecule has 3 N–H and O–H groups in total. The molecule has 1 fully saturated rings. The van der Waals surface area contributed by atoms with Gasteiger partial charge in [0.1, 0.15) is 5.82 Å². The number of hydrogen-bond donors (Lipinski definition) is 2. The van der Waals surface area contributed by atoms with E-state index in [1.807, 2.05) is 49.5 Å². The number of carbonyl (C=O) groups is 1. The first-order valence-electron chi connectivity index (χ1n) is 12.0. The van der Waals surface area contributed by atoms with E-state index >= 15 is 4.39 Å². The molecule has 0 spiro atoms. The molecule has 3 aromatic rings. The third-order valence-corrected chi connectivity index (χ3v) is 6.65. The van der Waals surface area contributed by atoms with Gasteiger partial charge in [-0.1, -0.05) is 61.4 Å². The van der Waals surface area contributed by atoms with Crippen molar-refractivity contribution in [3.8, 4) is 11.1 Å². The molecule has 34 heavy (non-hydrogen) atoms. The fourth-order valence-corrected chi connectivity index (χ4v) is 4.49. The van der Waals surface area contributed by atoms with Gasteiger partial charge < -0.3 is 15.7 Å². The van der Waals surface area contributed by atoms with Gasteiger partial charge in [0, 0.05) is 36.4 Å². The van der Waals surface area contributed by atoms with Gasteiger partial charge >= 0.3 is 5.97 Å². The summed E-state index contributed by atoms with van der Waals surface area (Å²) in [7, 11) is 2.00. The summed E-state index contributed by atoms with van der Waals surface area (Å²) in [6, 6.07) is 19.0. The van der Waals surface area contributed by atoms with E-state index in [9.17, 15) is 9.90 Å². The zero-order valence-electron chi connectivity index (χ0n) is 19.9. The Hall–Kier alpha value is -3.18. The first kappa shape index (κ1) is 24.0. The van der Waals surface area contributed by atoms with Crippen molar-refractivity contribution in [1.82, 2.24) is 0 Å². The van der Waals surface area contributed by atoms with E-state index in [1.54, 1.807) is 13.0 Å². The molecule has 0 saturated heterocycles. The van der Waals surface area contributed by atoms with Gasteiger partial charge in [-0.3, -0.25) is 4.79 Å². The Morgan fingerprint density at radius 3 is 2.53 bits per heavy atom. The van der Waals surface area contributed by atoms with Crippen molar-refractivity contribution in [3.05, 3.63) is 88.7 Å². The highest BCUT2D eigenvalue weighted by Gasteiger charge is 2.21. The smallest absolute Gasteiger partial charge is 0.307 e. The fourth-order valence-electron chi connectivity index (χ4n) is 4.49. The Labute approximate surface area is 201 Å². The predicted molar refractivity (Wildman–Crippen MR) is 135 cm³/mol. The first-order chi connectivity index (χ1) is 16.3. The number of carboxylic acids is 1. The van der Waals surface area contributed by atoms with E-state index in [2.05, 4.69) is 17.0 Å². The van der Waals surface area contributed by atoms with Crippen LogP contribution in [0.2, 0.25) is 0 Å². The van der Waals surface area contributed by atoms with Crippen LogP contribution in [0.15, 0.2) is 60.7 Å². The van der Waals surface area contributed by atoms with Crippen molar-refractivity contribution in [2.24, 2.45) is 11.7 Å². The maximum Gasteiger partial charge on any atom is 0.307 e. The Kier molecular flexibility index (Phi) is 7.32. The van der Waals surface area contributed by atoms with Gasteiger partial charge in [-0.15, -0.1) is 0 Å². The number of carboxylic acid groups (broad SMARTS) is 1. The standard InChI is InChI=1S/C29H33FN2O2/c1-19(31)26-8-5-9-27(29(26)30)24-14-21(13-12-20-10-11-20)15-25(16-24)32(2)18-23-7-4-3-6-22(23)17-28(33)34/h3-9,14-16,19-20H,10-13,17-18,31H2,1-2H3,(H,33,34)/t19-/m1/s1. The Morgan fingerprint density at radius 1 is 1.12 bits per heavy atom. The van der Waals surface area contributed by atoms with Crippen LogP contribution in [0.3, 0.4) is 0 Å². The zero-order chi connectivity index (χ0) is 24.2. The molecule has 5 heteroatoms. The van der Waals surface area contributed by atoms with Crippen LogP contribution < -0.4 is 10.6 Å². The van der Waals surface area contributed by atoms with E-state index in [0.29, 0.717) is 17.7 Å².